The molecule has 0 bridgehead atoms. The lowest BCUT2D eigenvalue weighted by atomic mass is 10.1. The number of benzene rings is 1. The molecular formula is C21H19F3N2O5S. The minimum Gasteiger partial charge on any atom is -0.457 e. The third-order valence-electron chi connectivity index (χ3n) is 4.91. The minimum absolute atomic E-state index is 0.0217. The Labute approximate surface area is 185 Å². The summed E-state index contributed by atoms with van der Waals surface area (Å²) in [6.45, 7) is 4.06. The number of aryl methyl sites for hydroxylation is 1. The van der Waals surface area contributed by atoms with Gasteiger partial charge < -0.3 is 15.0 Å². The second-order valence-electron chi connectivity index (χ2n) is 7.27. The Kier molecular flexibility index (Phi) is 6.49. The van der Waals surface area contributed by atoms with E-state index in [0.717, 1.165) is 23.9 Å². The molecule has 3 rings (SSSR count). The maximum atomic E-state index is 12.8. The Balaban J connectivity index is 1.61. The van der Waals surface area contributed by atoms with Crippen LogP contribution in [-0.2, 0) is 20.5 Å². The van der Waals surface area contributed by atoms with Crippen LogP contribution in [0.15, 0.2) is 23.1 Å². The smallest absolute Gasteiger partial charge is 0.416 e. The molecule has 0 unspecified atom stereocenters. The molecule has 2 heterocycles. The van der Waals surface area contributed by atoms with Gasteiger partial charge in [0.05, 0.1) is 28.6 Å². The summed E-state index contributed by atoms with van der Waals surface area (Å²) in [4.78, 5) is 51.7. The number of ether oxygens (including phenoxy) is 1. The van der Waals surface area contributed by atoms with Crippen LogP contribution >= 0.6 is 11.8 Å². The van der Waals surface area contributed by atoms with Gasteiger partial charge in [0, 0.05) is 16.2 Å². The van der Waals surface area contributed by atoms with E-state index in [1.54, 1.807) is 13.8 Å². The highest BCUT2D eigenvalue weighted by atomic mass is 32.2. The first kappa shape index (κ1) is 23.6. The normalized spacial score (nSPS) is 15.7. The number of esters is 1. The van der Waals surface area contributed by atoms with E-state index in [0.29, 0.717) is 21.7 Å². The number of thioether (sulfide) groups is 1. The van der Waals surface area contributed by atoms with E-state index in [2.05, 4.69) is 10.3 Å². The number of aromatic amines is 1. The van der Waals surface area contributed by atoms with E-state index in [4.69, 9.17) is 4.74 Å². The Morgan fingerprint density at radius 3 is 2.47 bits per heavy atom. The zero-order valence-corrected chi connectivity index (χ0v) is 18.1. The Hall–Kier alpha value is -3.08. The summed E-state index contributed by atoms with van der Waals surface area (Å²) in [5.41, 5.74) is 0.701. The van der Waals surface area contributed by atoms with Crippen molar-refractivity contribution >= 4 is 40.9 Å². The van der Waals surface area contributed by atoms with E-state index in [1.165, 1.54) is 13.0 Å². The molecule has 1 aromatic heterocycles. The molecule has 7 nitrogen and oxygen atoms in total. The molecule has 1 amide bonds. The number of carbonyl (C=O) groups is 4. The molecule has 0 spiro atoms. The topological polar surface area (TPSA) is 105 Å². The molecule has 0 aliphatic carbocycles. The summed E-state index contributed by atoms with van der Waals surface area (Å²) < 4.78 is 43.5. The molecule has 1 aliphatic rings. The number of ketones is 2. The van der Waals surface area contributed by atoms with Gasteiger partial charge in [-0.05, 0) is 44.5 Å². The zero-order valence-electron chi connectivity index (χ0n) is 17.3. The molecule has 2 N–H and O–H groups in total. The Morgan fingerprint density at radius 1 is 1.19 bits per heavy atom. The third kappa shape index (κ3) is 4.87. The van der Waals surface area contributed by atoms with Crippen LogP contribution in [-0.4, -0.2) is 40.3 Å². The fourth-order valence-electron chi connectivity index (χ4n) is 3.45. The molecule has 170 valence electrons. The number of fused-ring (bicyclic) bond motifs is 1. The highest BCUT2D eigenvalue weighted by molar-refractivity contribution is 8.01. The second kappa shape index (κ2) is 8.81. The van der Waals surface area contributed by atoms with Gasteiger partial charge in [-0.2, -0.15) is 13.2 Å². The van der Waals surface area contributed by atoms with Gasteiger partial charge in [-0.25, -0.2) is 0 Å². The van der Waals surface area contributed by atoms with Gasteiger partial charge in [0.1, 0.15) is 0 Å². The Bertz CT molecular complexity index is 1120. The predicted octanol–water partition coefficient (Wildman–Crippen LogP) is 4.08. The standard InChI is InChI=1S/C21H19F3N2O5S/c1-9-18(11(3)27)10(2)25-19(9)14(28)8-31-17(29)7-16-20(30)26-13-6-12(21(22,23)24)4-5-15(13)32-16/h4-6,16,25H,7-8H2,1-3H3,(H,26,30)/t16-/m1/s1. The summed E-state index contributed by atoms with van der Waals surface area (Å²) in [5.74, 6) is -2.17. The highest BCUT2D eigenvalue weighted by Crippen LogP contribution is 2.40. The van der Waals surface area contributed by atoms with E-state index >= 15 is 0 Å². The molecule has 0 radical (unpaired) electrons. The fraction of sp³-hybridized carbons (Fsp3) is 0.333. The van der Waals surface area contributed by atoms with Gasteiger partial charge in [0.15, 0.2) is 12.4 Å². The van der Waals surface area contributed by atoms with Gasteiger partial charge in [-0.1, -0.05) is 0 Å². The van der Waals surface area contributed by atoms with Crippen molar-refractivity contribution in [1.82, 2.24) is 4.98 Å². The maximum Gasteiger partial charge on any atom is 0.416 e. The average Bonchev–Trinajstić information content (AvgIpc) is 2.99. The van der Waals surface area contributed by atoms with Gasteiger partial charge >= 0.3 is 12.1 Å². The van der Waals surface area contributed by atoms with Crippen LogP contribution in [0.3, 0.4) is 0 Å². The summed E-state index contributed by atoms with van der Waals surface area (Å²) in [6, 6.07) is 2.96. The number of hydrogen-bond donors (Lipinski definition) is 2. The first-order chi connectivity index (χ1) is 14.9. The van der Waals surface area contributed by atoms with Crippen molar-refractivity contribution in [3.8, 4) is 0 Å². The van der Waals surface area contributed by atoms with Crippen molar-refractivity contribution in [2.75, 3.05) is 11.9 Å². The van der Waals surface area contributed by atoms with Crippen molar-refractivity contribution in [2.45, 2.75) is 43.5 Å². The second-order valence-corrected chi connectivity index (χ2v) is 8.52. The van der Waals surface area contributed by atoms with Crippen LogP contribution < -0.4 is 5.32 Å². The summed E-state index contributed by atoms with van der Waals surface area (Å²) in [5, 5.41) is 1.46. The number of hydrogen-bond acceptors (Lipinski definition) is 6. The van der Waals surface area contributed by atoms with Crippen molar-refractivity contribution in [3.63, 3.8) is 0 Å². The summed E-state index contributed by atoms with van der Waals surface area (Å²) in [7, 11) is 0. The van der Waals surface area contributed by atoms with E-state index in [9.17, 15) is 32.3 Å². The summed E-state index contributed by atoms with van der Waals surface area (Å²) in [6.07, 6.45) is -4.91. The lowest BCUT2D eigenvalue weighted by molar-refractivity contribution is -0.143. The van der Waals surface area contributed by atoms with Crippen molar-refractivity contribution < 1.29 is 37.1 Å². The van der Waals surface area contributed by atoms with Gasteiger partial charge in [-0.15, -0.1) is 11.8 Å². The number of aromatic nitrogens is 1. The van der Waals surface area contributed by atoms with Crippen LogP contribution in [0.25, 0.3) is 0 Å². The molecule has 0 saturated heterocycles. The summed E-state index contributed by atoms with van der Waals surface area (Å²) >= 11 is 0.946. The molecule has 0 fully saturated rings. The van der Waals surface area contributed by atoms with E-state index in [1.807, 2.05) is 0 Å². The molecular weight excluding hydrogens is 449 g/mol. The predicted molar refractivity (Wildman–Crippen MR) is 110 cm³/mol. The SMILES string of the molecule is CC(=O)c1c(C)[nH]c(C(=O)COC(=O)C[C@H]2Sc3ccc(C(F)(F)F)cc3NC2=O)c1C. The minimum atomic E-state index is -4.54. The van der Waals surface area contributed by atoms with Gasteiger partial charge in [0.2, 0.25) is 11.7 Å². The molecule has 11 heteroatoms. The number of anilines is 1. The average molecular weight is 468 g/mol. The lowest BCUT2D eigenvalue weighted by Crippen LogP contribution is -2.32. The lowest BCUT2D eigenvalue weighted by Gasteiger charge is -2.24. The first-order valence-corrected chi connectivity index (χ1v) is 10.3. The third-order valence-corrected chi connectivity index (χ3v) is 6.19. The molecule has 32 heavy (non-hydrogen) atoms. The molecule has 0 saturated carbocycles. The highest BCUT2D eigenvalue weighted by Gasteiger charge is 2.34. The van der Waals surface area contributed by atoms with Crippen molar-refractivity contribution in [3.05, 3.63) is 46.3 Å². The molecule has 1 aromatic carbocycles. The number of carbonyl (C=O) groups excluding carboxylic acids is 4. The van der Waals surface area contributed by atoms with E-state index in [-0.39, 0.29) is 23.6 Å². The van der Waals surface area contributed by atoms with Crippen molar-refractivity contribution in [2.24, 2.45) is 0 Å². The van der Waals surface area contributed by atoms with Crippen LogP contribution in [0, 0.1) is 13.8 Å². The number of amides is 1. The zero-order chi connectivity index (χ0) is 23.8. The van der Waals surface area contributed by atoms with Gasteiger partial charge in [0.25, 0.3) is 0 Å². The quantitative estimate of drug-likeness (QED) is 0.489. The monoisotopic (exact) mass is 468 g/mol. The fourth-order valence-corrected chi connectivity index (χ4v) is 4.52. The largest absolute Gasteiger partial charge is 0.457 e. The number of nitrogens with one attached hydrogen (secondary N) is 2. The first-order valence-electron chi connectivity index (χ1n) is 9.46. The number of halogens is 3. The van der Waals surface area contributed by atoms with Crippen molar-refractivity contribution in [1.29, 1.82) is 0 Å². The van der Waals surface area contributed by atoms with Crippen LogP contribution in [0.2, 0.25) is 0 Å². The number of Topliss-reactive ketones (excluding diaryl/α,β-unsaturated/α-hetero) is 2. The van der Waals surface area contributed by atoms with Crippen LogP contribution in [0.1, 0.15) is 51.0 Å². The molecule has 2 aromatic rings. The number of H-pyrrole nitrogens is 1. The molecule has 1 aliphatic heterocycles. The van der Waals surface area contributed by atoms with Crippen LogP contribution in [0.4, 0.5) is 18.9 Å². The number of rotatable bonds is 6. The maximum absolute atomic E-state index is 12.8. The number of alkyl halides is 3. The van der Waals surface area contributed by atoms with Gasteiger partial charge in [-0.3, -0.25) is 19.2 Å². The van der Waals surface area contributed by atoms with E-state index < -0.39 is 41.3 Å². The molecule has 1 atom stereocenters. The van der Waals surface area contributed by atoms with Crippen LogP contribution in [0.5, 0.6) is 0 Å². The Morgan fingerprint density at radius 2 is 1.88 bits per heavy atom.